The van der Waals surface area contributed by atoms with Crippen LogP contribution in [0.5, 0.6) is 11.5 Å². The Hall–Kier alpha value is -2.81. The van der Waals surface area contributed by atoms with Crippen molar-refractivity contribution in [3.63, 3.8) is 0 Å². The molecule has 1 aromatic heterocycles. The minimum atomic E-state index is -0.629. The van der Waals surface area contributed by atoms with Crippen molar-refractivity contribution >= 4 is 29.1 Å². The Bertz CT molecular complexity index is 1060. The molecule has 170 valence electrons. The number of unbranched alkanes of at least 4 members (excludes halogenated alkanes) is 1. The first-order valence-electron chi connectivity index (χ1n) is 10.1. The maximum Gasteiger partial charge on any atom is 0.255 e. The molecule has 8 nitrogen and oxygen atoms in total. The zero-order valence-corrected chi connectivity index (χ0v) is 19.0. The number of nitrogens with one attached hydrogen (secondary N) is 1. The number of hydrogen-bond acceptors (Lipinski definition) is 7. The molecule has 2 aromatic carbocycles. The summed E-state index contributed by atoms with van der Waals surface area (Å²) < 4.78 is 10.8. The molecule has 0 aliphatic heterocycles. The molecule has 3 aromatic rings. The van der Waals surface area contributed by atoms with Crippen molar-refractivity contribution in [2.24, 2.45) is 5.73 Å². The van der Waals surface area contributed by atoms with E-state index in [1.165, 1.54) is 6.07 Å². The lowest BCUT2D eigenvalue weighted by molar-refractivity contribution is 0.0925. The number of amides is 1. The number of rotatable bonds is 10. The summed E-state index contributed by atoms with van der Waals surface area (Å²) in [4.78, 5) is 17.3. The van der Waals surface area contributed by atoms with E-state index in [1.54, 1.807) is 6.92 Å². The lowest BCUT2D eigenvalue weighted by Crippen LogP contribution is -2.30. The van der Waals surface area contributed by atoms with Crippen LogP contribution in [0.25, 0.3) is 0 Å². The predicted molar refractivity (Wildman–Crippen MR) is 121 cm³/mol. The molecule has 1 amide bonds. The first-order valence-corrected chi connectivity index (χ1v) is 10.8. The largest absolute Gasteiger partial charge is 0.505 e. The number of aromatic hydroxyl groups is 1. The Balaban J connectivity index is 1.82. The van der Waals surface area contributed by atoms with Gasteiger partial charge in [-0.05, 0) is 37.9 Å². The number of halogens is 2. The Morgan fingerprint density at radius 1 is 1.28 bits per heavy atom. The summed E-state index contributed by atoms with van der Waals surface area (Å²) in [5.74, 6) is -0.221. The van der Waals surface area contributed by atoms with Crippen molar-refractivity contribution in [3.05, 3.63) is 69.3 Å². The molecule has 0 aliphatic rings. The third-order valence-corrected chi connectivity index (χ3v) is 5.30. The summed E-state index contributed by atoms with van der Waals surface area (Å²) in [6.07, 6.45) is 1.88. The Morgan fingerprint density at radius 3 is 2.69 bits per heavy atom. The van der Waals surface area contributed by atoms with Gasteiger partial charge in [0.15, 0.2) is 17.3 Å². The van der Waals surface area contributed by atoms with E-state index in [9.17, 15) is 9.90 Å². The molecule has 0 saturated carbocycles. The normalized spacial score (nSPS) is 11.9. The second-order valence-electron chi connectivity index (χ2n) is 7.14. The van der Waals surface area contributed by atoms with E-state index in [-0.39, 0.29) is 27.2 Å². The van der Waals surface area contributed by atoms with E-state index in [2.05, 4.69) is 15.5 Å². The maximum absolute atomic E-state index is 13.0. The smallest absolute Gasteiger partial charge is 0.255 e. The summed E-state index contributed by atoms with van der Waals surface area (Å²) in [6, 6.07) is 10.2. The number of carbonyl (C=O) groups excluding carboxylic acids is 1. The third kappa shape index (κ3) is 5.91. The van der Waals surface area contributed by atoms with Gasteiger partial charge in [-0.15, -0.1) is 0 Å². The second-order valence-corrected chi connectivity index (χ2v) is 7.92. The van der Waals surface area contributed by atoms with Crippen molar-refractivity contribution < 1.29 is 19.2 Å². The number of phenols is 1. The van der Waals surface area contributed by atoms with Gasteiger partial charge in [-0.2, -0.15) is 4.98 Å². The number of aromatic nitrogens is 2. The van der Waals surface area contributed by atoms with Crippen molar-refractivity contribution in [2.75, 3.05) is 13.2 Å². The number of aryl methyl sites for hydroxylation is 1. The van der Waals surface area contributed by atoms with Gasteiger partial charge in [0.2, 0.25) is 5.89 Å². The molecule has 1 atom stereocenters. The predicted octanol–water partition coefficient (Wildman–Crippen LogP) is 4.22. The fourth-order valence-electron chi connectivity index (χ4n) is 3.06. The van der Waals surface area contributed by atoms with Crippen LogP contribution in [0, 0.1) is 6.92 Å². The molecule has 3 rings (SSSR count). The lowest BCUT2D eigenvalue weighted by Gasteiger charge is -2.17. The summed E-state index contributed by atoms with van der Waals surface area (Å²) in [6.45, 7) is 2.56. The van der Waals surface area contributed by atoms with Crippen molar-refractivity contribution in [2.45, 2.75) is 32.2 Å². The zero-order valence-electron chi connectivity index (χ0n) is 17.5. The highest BCUT2D eigenvalue weighted by atomic mass is 35.5. The second kappa shape index (κ2) is 11.2. The number of hydrogen-bond donors (Lipinski definition) is 3. The van der Waals surface area contributed by atoms with Gasteiger partial charge in [0.25, 0.3) is 5.91 Å². The molecule has 0 aliphatic carbocycles. The molecule has 0 fully saturated rings. The Kier molecular flexibility index (Phi) is 8.33. The number of nitrogens with two attached hydrogens (primary N) is 1. The highest BCUT2D eigenvalue weighted by Crippen LogP contribution is 2.42. The summed E-state index contributed by atoms with van der Waals surface area (Å²) >= 11 is 12.5. The van der Waals surface area contributed by atoms with Crippen LogP contribution < -0.4 is 15.8 Å². The highest BCUT2D eigenvalue weighted by molar-refractivity contribution is 6.39. The Morgan fingerprint density at radius 2 is 2.03 bits per heavy atom. The molecule has 1 unspecified atom stereocenters. The van der Waals surface area contributed by atoms with Crippen LogP contribution in [0.2, 0.25) is 10.0 Å². The van der Waals surface area contributed by atoms with Gasteiger partial charge in [0, 0.05) is 6.42 Å². The van der Waals surface area contributed by atoms with Crippen molar-refractivity contribution in [1.29, 1.82) is 0 Å². The minimum Gasteiger partial charge on any atom is -0.505 e. The monoisotopic (exact) mass is 478 g/mol. The maximum atomic E-state index is 13.0. The van der Waals surface area contributed by atoms with Gasteiger partial charge >= 0.3 is 0 Å². The van der Waals surface area contributed by atoms with Crippen LogP contribution >= 0.6 is 23.2 Å². The van der Waals surface area contributed by atoms with Crippen LogP contribution in [0.1, 0.15) is 46.5 Å². The molecule has 0 bridgehead atoms. The van der Waals surface area contributed by atoms with Crippen LogP contribution in [-0.2, 0) is 6.42 Å². The van der Waals surface area contributed by atoms with Crippen LogP contribution in [0.15, 0.2) is 40.9 Å². The molecule has 0 spiro atoms. The first-order chi connectivity index (χ1) is 15.4. The lowest BCUT2D eigenvalue weighted by atomic mass is 10.0. The number of carbonyl (C=O) groups is 1. The fourth-order valence-corrected chi connectivity index (χ4v) is 3.62. The average molecular weight is 479 g/mol. The fraction of sp³-hybridized carbons (Fsp3) is 0.318. The molecule has 10 heteroatoms. The molecule has 32 heavy (non-hydrogen) atoms. The number of benzene rings is 2. The molecule has 4 N–H and O–H groups in total. The highest BCUT2D eigenvalue weighted by Gasteiger charge is 2.26. The summed E-state index contributed by atoms with van der Waals surface area (Å²) in [5, 5.41) is 17.1. The van der Waals surface area contributed by atoms with Crippen molar-refractivity contribution in [1.82, 2.24) is 15.5 Å². The number of phenolic OH excluding ortho intramolecular Hbond substituents is 1. The molecule has 1 heterocycles. The standard InChI is InChI=1S/C22H24Cl2N4O4/c1-13-26-22(32-28-13)17(11-14-7-3-2-4-8-14)27-21(30)15-12-16(23)20(18(24)19(15)29)31-10-6-5-9-25/h2-4,7-8,12,17,29H,5-6,9-11,25H2,1H3,(H,27,30). The number of nitrogens with zero attached hydrogens (tertiary/aromatic N) is 2. The summed E-state index contributed by atoms with van der Waals surface area (Å²) in [5.41, 5.74) is 6.33. The average Bonchev–Trinajstić information content (AvgIpc) is 3.22. The molecular formula is C22H24Cl2N4O4. The van der Waals surface area contributed by atoms with Gasteiger partial charge in [-0.25, -0.2) is 0 Å². The van der Waals surface area contributed by atoms with E-state index < -0.39 is 17.7 Å². The SMILES string of the molecule is Cc1noc(C(Cc2ccccc2)NC(=O)c2cc(Cl)c(OCCCCN)c(Cl)c2O)n1. The van der Waals surface area contributed by atoms with Crippen molar-refractivity contribution in [3.8, 4) is 11.5 Å². The van der Waals surface area contributed by atoms with E-state index >= 15 is 0 Å². The molecular weight excluding hydrogens is 455 g/mol. The van der Waals surface area contributed by atoms with E-state index in [4.69, 9.17) is 38.2 Å². The van der Waals surface area contributed by atoms with E-state index in [1.807, 2.05) is 30.3 Å². The van der Waals surface area contributed by atoms with Gasteiger partial charge in [-0.1, -0.05) is 58.7 Å². The van der Waals surface area contributed by atoms with Gasteiger partial charge < -0.3 is 25.4 Å². The topological polar surface area (TPSA) is 124 Å². The molecule has 0 radical (unpaired) electrons. The third-order valence-electron chi connectivity index (χ3n) is 4.67. The van der Waals surface area contributed by atoms with Crippen LogP contribution in [-0.4, -0.2) is 34.3 Å². The molecule has 0 saturated heterocycles. The van der Waals surface area contributed by atoms with Gasteiger partial charge in [0.05, 0.1) is 17.2 Å². The van der Waals surface area contributed by atoms with Crippen LogP contribution in [0.3, 0.4) is 0 Å². The Labute approximate surface area is 195 Å². The first kappa shape index (κ1) is 23.8. The van der Waals surface area contributed by atoms with E-state index in [0.717, 1.165) is 12.0 Å². The number of ether oxygens (including phenoxy) is 1. The quantitative estimate of drug-likeness (QED) is 0.372. The van der Waals surface area contributed by atoms with Crippen LogP contribution in [0.4, 0.5) is 0 Å². The zero-order chi connectivity index (χ0) is 23.1. The van der Waals surface area contributed by atoms with Gasteiger partial charge in [-0.3, -0.25) is 4.79 Å². The summed E-state index contributed by atoms with van der Waals surface area (Å²) in [7, 11) is 0. The minimum absolute atomic E-state index is 0.0939. The van der Waals surface area contributed by atoms with Gasteiger partial charge in [0.1, 0.15) is 11.1 Å². The van der Waals surface area contributed by atoms with E-state index in [0.29, 0.717) is 31.8 Å².